The maximum atomic E-state index is 11.2. The normalized spacial score (nSPS) is 18.2. The van der Waals surface area contributed by atoms with Gasteiger partial charge in [-0.3, -0.25) is 0 Å². The molecule has 2 atom stereocenters. The average Bonchev–Trinajstić information content (AvgIpc) is 2.99. The summed E-state index contributed by atoms with van der Waals surface area (Å²) in [5.41, 5.74) is 1.60. The average molecular weight is 265 g/mol. The number of rotatable bonds is 4. The summed E-state index contributed by atoms with van der Waals surface area (Å²) >= 11 is 0. The zero-order valence-electron chi connectivity index (χ0n) is 11.0. The summed E-state index contributed by atoms with van der Waals surface area (Å²) in [6.07, 6.45) is -0.417. The quantitative estimate of drug-likeness (QED) is 0.790. The second-order valence-corrected chi connectivity index (χ2v) is 4.70. The van der Waals surface area contributed by atoms with Gasteiger partial charge in [0.05, 0.1) is 7.11 Å². The number of aliphatic hydroxyl groups excluding tert-OH is 2. The third kappa shape index (κ3) is 3.05. The second-order valence-electron chi connectivity index (χ2n) is 4.70. The lowest BCUT2D eigenvalue weighted by atomic mass is 10.0. The molecule has 0 amide bonds. The van der Waals surface area contributed by atoms with E-state index >= 15 is 0 Å². The highest BCUT2D eigenvalue weighted by Crippen LogP contribution is 2.24. The smallest absolute Gasteiger partial charge is 0.337 e. The van der Waals surface area contributed by atoms with Crippen LogP contribution in [0.2, 0.25) is 0 Å². The number of carbonyl (C=O) groups excluding carboxylic acids is 1. The Morgan fingerprint density at radius 3 is 2.32 bits per heavy atom. The number of aliphatic hydroxyl groups is 2. The molecule has 1 aliphatic heterocycles. The number of hydrogen-bond donors (Lipinski definition) is 2. The summed E-state index contributed by atoms with van der Waals surface area (Å²) in [6, 6.07) is 7.25. The molecule has 5 heteroatoms. The largest absolute Gasteiger partial charge is 0.467 e. The number of esters is 1. The molecular weight excluding hydrogens is 246 g/mol. The van der Waals surface area contributed by atoms with Crippen molar-refractivity contribution in [2.75, 3.05) is 25.1 Å². The summed E-state index contributed by atoms with van der Waals surface area (Å²) < 4.78 is 4.40. The third-order valence-corrected chi connectivity index (χ3v) is 3.45. The van der Waals surface area contributed by atoms with Crippen molar-refractivity contribution in [2.45, 2.75) is 25.0 Å². The molecule has 1 aromatic rings. The van der Waals surface area contributed by atoms with E-state index in [2.05, 4.69) is 9.64 Å². The molecule has 19 heavy (non-hydrogen) atoms. The molecular formula is C14H19NO4. The Kier molecular flexibility index (Phi) is 4.39. The maximum Gasteiger partial charge on any atom is 0.337 e. The van der Waals surface area contributed by atoms with E-state index in [4.69, 9.17) is 0 Å². The number of methoxy groups -OCH3 is 1. The topological polar surface area (TPSA) is 70.0 Å². The van der Waals surface area contributed by atoms with Gasteiger partial charge in [0.25, 0.3) is 0 Å². The van der Waals surface area contributed by atoms with E-state index in [1.165, 1.54) is 20.0 Å². The van der Waals surface area contributed by atoms with Crippen LogP contribution in [0.5, 0.6) is 0 Å². The van der Waals surface area contributed by atoms with Gasteiger partial charge in [-0.15, -0.1) is 0 Å². The van der Waals surface area contributed by atoms with E-state index in [1.807, 2.05) is 12.1 Å². The minimum atomic E-state index is -1.55. The Balaban J connectivity index is 2.06. The van der Waals surface area contributed by atoms with Crippen LogP contribution < -0.4 is 4.90 Å². The van der Waals surface area contributed by atoms with Crippen molar-refractivity contribution in [2.24, 2.45) is 0 Å². The van der Waals surface area contributed by atoms with Crippen molar-refractivity contribution in [1.82, 2.24) is 0 Å². The maximum absolute atomic E-state index is 11.2. The molecule has 1 aromatic carbocycles. The van der Waals surface area contributed by atoms with E-state index in [9.17, 15) is 15.0 Å². The predicted octanol–water partition coefficient (Wildman–Crippen LogP) is 0.854. The summed E-state index contributed by atoms with van der Waals surface area (Å²) in [4.78, 5) is 13.4. The molecule has 1 saturated heterocycles. The van der Waals surface area contributed by atoms with Gasteiger partial charge in [-0.25, -0.2) is 4.79 Å². The van der Waals surface area contributed by atoms with E-state index in [-0.39, 0.29) is 0 Å². The Bertz CT molecular complexity index is 426. The van der Waals surface area contributed by atoms with Crippen LogP contribution >= 0.6 is 0 Å². The van der Waals surface area contributed by atoms with Gasteiger partial charge in [-0.2, -0.15) is 0 Å². The van der Waals surface area contributed by atoms with Gasteiger partial charge in [-0.1, -0.05) is 12.1 Å². The highest BCUT2D eigenvalue weighted by Gasteiger charge is 2.26. The van der Waals surface area contributed by atoms with Crippen molar-refractivity contribution >= 4 is 11.7 Å². The monoisotopic (exact) mass is 265 g/mol. The molecule has 1 heterocycles. The Hall–Kier alpha value is -1.59. The van der Waals surface area contributed by atoms with Gasteiger partial charge >= 0.3 is 5.97 Å². The molecule has 1 aliphatic rings. The molecule has 0 saturated carbocycles. The van der Waals surface area contributed by atoms with Crippen molar-refractivity contribution in [3.8, 4) is 0 Å². The van der Waals surface area contributed by atoms with E-state index < -0.39 is 18.2 Å². The molecule has 1 fully saturated rings. The fraction of sp³-hybridized carbons (Fsp3) is 0.500. The van der Waals surface area contributed by atoms with Crippen LogP contribution in [0.25, 0.3) is 0 Å². The molecule has 0 aliphatic carbocycles. The Morgan fingerprint density at radius 1 is 1.21 bits per heavy atom. The molecule has 104 valence electrons. The lowest BCUT2D eigenvalue weighted by molar-refractivity contribution is -0.156. The van der Waals surface area contributed by atoms with Gasteiger partial charge in [0.2, 0.25) is 0 Å². The third-order valence-electron chi connectivity index (χ3n) is 3.45. The first-order valence-corrected chi connectivity index (χ1v) is 6.42. The fourth-order valence-corrected chi connectivity index (χ4v) is 2.29. The second kappa shape index (κ2) is 6.04. The van der Waals surface area contributed by atoms with E-state index in [0.29, 0.717) is 5.56 Å². The van der Waals surface area contributed by atoms with Gasteiger partial charge in [0.15, 0.2) is 6.10 Å². The van der Waals surface area contributed by atoms with Gasteiger partial charge < -0.3 is 19.8 Å². The van der Waals surface area contributed by atoms with Gasteiger partial charge in [0.1, 0.15) is 6.10 Å². The summed E-state index contributed by atoms with van der Waals surface area (Å²) in [7, 11) is 1.18. The lowest BCUT2D eigenvalue weighted by Crippen LogP contribution is -2.29. The molecule has 0 spiro atoms. The summed E-state index contributed by atoms with van der Waals surface area (Å²) in [6.45, 7) is 2.10. The molecule has 2 N–H and O–H groups in total. The predicted molar refractivity (Wildman–Crippen MR) is 70.9 cm³/mol. The number of nitrogens with zero attached hydrogens (tertiary/aromatic N) is 1. The summed E-state index contributed by atoms with van der Waals surface area (Å²) in [5, 5.41) is 19.5. The Labute approximate surface area is 112 Å². The van der Waals surface area contributed by atoms with Crippen LogP contribution in [0.1, 0.15) is 24.5 Å². The SMILES string of the molecule is COC(=O)C(O)C(O)c1ccc(N2CCCC2)cc1. The number of ether oxygens (including phenoxy) is 1. The zero-order valence-corrected chi connectivity index (χ0v) is 11.0. The molecule has 2 unspecified atom stereocenters. The van der Waals surface area contributed by atoms with Crippen LogP contribution in [0.15, 0.2) is 24.3 Å². The van der Waals surface area contributed by atoms with Crippen molar-refractivity contribution in [3.05, 3.63) is 29.8 Å². The molecule has 0 bridgehead atoms. The van der Waals surface area contributed by atoms with Gasteiger partial charge in [-0.05, 0) is 30.5 Å². The fourth-order valence-electron chi connectivity index (χ4n) is 2.29. The molecule has 0 aromatic heterocycles. The molecule has 0 radical (unpaired) electrons. The van der Waals surface area contributed by atoms with Crippen molar-refractivity contribution < 1.29 is 19.7 Å². The number of hydrogen-bond acceptors (Lipinski definition) is 5. The minimum absolute atomic E-state index is 0.501. The molecule has 5 nitrogen and oxygen atoms in total. The van der Waals surface area contributed by atoms with E-state index in [1.54, 1.807) is 12.1 Å². The van der Waals surface area contributed by atoms with Crippen LogP contribution in [0, 0.1) is 0 Å². The minimum Gasteiger partial charge on any atom is -0.467 e. The first-order valence-electron chi connectivity index (χ1n) is 6.42. The van der Waals surface area contributed by atoms with Crippen LogP contribution in [-0.2, 0) is 9.53 Å². The van der Waals surface area contributed by atoms with Crippen molar-refractivity contribution in [1.29, 1.82) is 0 Å². The number of benzene rings is 1. The number of anilines is 1. The van der Waals surface area contributed by atoms with E-state index in [0.717, 1.165) is 18.8 Å². The highest BCUT2D eigenvalue weighted by atomic mass is 16.5. The van der Waals surface area contributed by atoms with Gasteiger partial charge in [0, 0.05) is 18.8 Å². The van der Waals surface area contributed by atoms with Crippen LogP contribution in [0.3, 0.4) is 0 Å². The molecule has 2 rings (SSSR count). The first kappa shape index (κ1) is 13.8. The first-order chi connectivity index (χ1) is 9.13. The lowest BCUT2D eigenvalue weighted by Gasteiger charge is -2.20. The standard InChI is InChI=1S/C14H19NO4/c1-19-14(18)13(17)12(16)10-4-6-11(7-5-10)15-8-2-3-9-15/h4-7,12-13,16-17H,2-3,8-9H2,1H3. The van der Waals surface area contributed by atoms with Crippen molar-refractivity contribution in [3.63, 3.8) is 0 Å². The number of carbonyl (C=O) groups is 1. The summed E-state index contributed by atoms with van der Waals surface area (Å²) in [5.74, 6) is -0.837. The van der Waals surface area contributed by atoms with Crippen LogP contribution in [0.4, 0.5) is 5.69 Å². The Morgan fingerprint density at radius 2 is 1.79 bits per heavy atom. The van der Waals surface area contributed by atoms with Crippen LogP contribution in [-0.4, -0.2) is 42.5 Å². The highest BCUT2D eigenvalue weighted by molar-refractivity contribution is 5.75. The zero-order chi connectivity index (χ0) is 13.8.